The number of amides is 1. The fourth-order valence-electron chi connectivity index (χ4n) is 1.86. The maximum Gasteiger partial charge on any atom is 0.238 e. The number of carbonyl (C=O) groups excluding carboxylic acids is 1. The van der Waals surface area contributed by atoms with E-state index >= 15 is 0 Å². The summed E-state index contributed by atoms with van der Waals surface area (Å²) in [5, 5.41) is 2.67. The van der Waals surface area contributed by atoms with E-state index in [1.807, 2.05) is 6.92 Å². The first-order valence-corrected chi connectivity index (χ1v) is 7.06. The number of piperidine rings is 1. The monoisotopic (exact) mass is 234 g/mol. The molecule has 6 heteroatoms. The number of nitrogens with one attached hydrogen (secondary N) is 1. The minimum absolute atomic E-state index is 0.178. The first-order valence-electron chi connectivity index (χ1n) is 5.21. The van der Waals surface area contributed by atoms with Gasteiger partial charge in [0.1, 0.15) is 6.04 Å². The Balaban J connectivity index is 2.79. The minimum Gasteiger partial charge on any atom is -0.355 e. The van der Waals surface area contributed by atoms with Gasteiger partial charge in [0.2, 0.25) is 15.9 Å². The summed E-state index contributed by atoms with van der Waals surface area (Å²) >= 11 is 0. The third-order valence-corrected chi connectivity index (χ3v) is 3.82. The molecule has 0 radical (unpaired) electrons. The Morgan fingerprint density at radius 1 is 1.47 bits per heavy atom. The van der Waals surface area contributed by atoms with Crippen molar-refractivity contribution in [2.75, 3.05) is 19.3 Å². The fourth-order valence-corrected chi connectivity index (χ4v) is 2.98. The average molecular weight is 234 g/mol. The average Bonchev–Trinajstić information content (AvgIpc) is 2.17. The van der Waals surface area contributed by atoms with Gasteiger partial charge in [-0.1, -0.05) is 6.42 Å². The van der Waals surface area contributed by atoms with E-state index in [1.165, 1.54) is 4.31 Å². The smallest absolute Gasteiger partial charge is 0.238 e. The van der Waals surface area contributed by atoms with Crippen LogP contribution in [0.2, 0.25) is 0 Å². The number of hydrogen-bond acceptors (Lipinski definition) is 3. The summed E-state index contributed by atoms with van der Waals surface area (Å²) in [6, 6.07) is -0.506. The quantitative estimate of drug-likeness (QED) is 0.743. The van der Waals surface area contributed by atoms with Gasteiger partial charge in [-0.05, 0) is 19.8 Å². The highest BCUT2D eigenvalue weighted by Gasteiger charge is 2.33. The highest BCUT2D eigenvalue weighted by Crippen LogP contribution is 2.19. The van der Waals surface area contributed by atoms with Gasteiger partial charge in [0, 0.05) is 13.1 Å². The van der Waals surface area contributed by atoms with Crippen LogP contribution >= 0.6 is 0 Å². The van der Waals surface area contributed by atoms with E-state index < -0.39 is 16.1 Å². The lowest BCUT2D eigenvalue weighted by Gasteiger charge is -2.32. The van der Waals surface area contributed by atoms with Crippen molar-refractivity contribution in [1.82, 2.24) is 9.62 Å². The first-order chi connectivity index (χ1) is 6.96. The van der Waals surface area contributed by atoms with E-state index in [-0.39, 0.29) is 5.91 Å². The highest BCUT2D eigenvalue weighted by molar-refractivity contribution is 7.88. The van der Waals surface area contributed by atoms with E-state index in [0.29, 0.717) is 19.5 Å². The largest absolute Gasteiger partial charge is 0.355 e. The number of carbonyl (C=O) groups is 1. The summed E-state index contributed by atoms with van der Waals surface area (Å²) in [7, 11) is -3.27. The predicted molar refractivity (Wildman–Crippen MR) is 57.9 cm³/mol. The lowest BCUT2D eigenvalue weighted by molar-refractivity contribution is -0.125. The van der Waals surface area contributed by atoms with Crippen LogP contribution in [0.3, 0.4) is 0 Å². The van der Waals surface area contributed by atoms with Crippen molar-refractivity contribution < 1.29 is 13.2 Å². The van der Waals surface area contributed by atoms with Crippen LogP contribution in [0.25, 0.3) is 0 Å². The van der Waals surface area contributed by atoms with Gasteiger partial charge < -0.3 is 5.32 Å². The highest BCUT2D eigenvalue weighted by atomic mass is 32.2. The molecule has 88 valence electrons. The van der Waals surface area contributed by atoms with Gasteiger partial charge in [-0.15, -0.1) is 0 Å². The second kappa shape index (κ2) is 4.94. The topological polar surface area (TPSA) is 66.5 Å². The summed E-state index contributed by atoms with van der Waals surface area (Å²) in [5.41, 5.74) is 0. The number of hydrogen-bond donors (Lipinski definition) is 1. The molecule has 1 heterocycles. The molecule has 1 fully saturated rings. The zero-order valence-corrected chi connectivity index (χ0v) is 10.0. The SMILES string of the molecule is CCNC(=O)C1CCCCN1S(C)(=O)=O. The standard InChI is InChI=1S/C9H18N2O3S/c1-3-10-9(12)8-6-4-5-7-11(8)15(2,13)14/h8H,3-7H2,1-2H3,(H,10,12). The second-order valence-electron chi connectivity index (χ2n) is 3.78. The van der Waals surface area contributed by atoms with E-state index in [9.17, 15) is 13.2 Å². The van der Waals surface area contributed by atoms with Crippen LogP contribution in [0, 0.1) is 0 Å². The molecular formula is C9H18N2O3S. The summed E-state index contributed by atoms with van der Waals surface area (Å²) < 4.78 is 24.2. The Labute approximate surface area is 90.9 Å². The lowest BCUT2D eigenvalue weighted by atomic mass is 10.0. The third kappa shape index (κ3) is 3.17. The van der Waals surface area contributed by atoms with Crippen LogP contribution in [0.5, 0.6) is 0 Å². The molecule has 1 saturated heterocycles. The molecule has 0 aromatic rings. The predicted octanol–water partition coefficient (Wildman–Crippen LogP) is -0.0634. The van der Waals surface area contributed by atoms with Gasteiger partial charge in [0.15, 0.2) is 0 Å². The minimum atomic E-state index is -3.27. The molecule has 0 aliphatic carbocycles. The van der Waals surface area contributed by atoms with Gasteiger partial charge in [-0.2, -0.15) is 4.31 Å². The normalized spacial score (nSPS) is 23.7. The lowest BCUT2D eigenvalue weighted by Crippen LogP contribution is -2.51. The van der Waals surface area contributed by atoms with Gasteiger partial charge in [-0.3, -0.25) is 4.79 Å². The molecule has 1 unspecified atom stereocenters. The summed E-state index contributed by atoms with van der Waals surface area (Å²) in [4.78, 5) is 11.6. The van der Waals surface area contributed by atoms with E-state index in [4.69, 9.17) is 0 Å². The van der Waals surface area contributed by atoms with Crippen molar-refractivity contribution in [3.63, 3.8) is 0 Å². The number of sulfonamides is 1. The van der Waals surface area contributed by atoms with E-state index in [2.05, 4.69) is 5.32 Å². The van der Waals surface area contributed by atoms with Crippen LogP contribution in [0.1, 0.15) is 26.2 Å². The Kier molecular flexibility index (Phi) is 4.10. The van der Waals surface area contributed by atoms with Gasteiger partial charge in [-0.25, -0.2) is 8.42 Å². The Morgan fingerprint density at radius 3 is 2.67 bits per heavy atom. The molecule has 1 aliphatic rings. The van der Waals surface area contributed by atoms with Crippen LogP contribution in [0.15, 0.2) is 0 Å². The molecule has 0 bridgehead atoms. The van der Waals surface area contributed by atoms with Crippen molar-refractivity contribution in [2.45, 2.75) is 32.2 Å². The molecule has 5 nitrogen and oxygen atoms in total. The van der Waals surface area contributed by atoms with E-state index in [0.717, 1.165) is 19.1 Å². The molecule has 1 aliphatic heterocycles. The molecule has 1 amide bonds. The molecule has 15 heavy (non-hydrogen) atoms. The first kappa shape index (κ1) is 12.4. The van der Waals surface area contributed by atoms with Crippen LogP contribution in [-0.2, 0) is 14.8 Å². The molecular weight excluding hydrogens is 216 g/mol. The van der Waals surface area contributed by atoms with Crippen LogP contribution < -0.4 is 5.32 Å². The van der Waals surface area contributed by atoms with Crippen molar-refractivity contribution in [2.24, 2.45) is 0 Å². The van der Waals surface area contributed by atoms with Gasteiger partial charge in [0.05, 0.1) is 6.26 Å². The zero-order valence-electron chi connectivity index (χ0n) is 9.19. The van der Waals surface area contributed by atoms with Gasteiger partial charge >= 0.3 is 0 Å². The Bertz CT molecular complexity index is 326. The van der Waals surface area contributed by atoms with Crippen LogP contribution in [-0.4, -0.2) is 44.0 Å². The van der Waals surface area contributed by atoms with Crippen LogP contribution in [0.4, 0.5) is 0 Å². The number of nitrogens with zero attached hydrogens (tertiary/aromatic N) is 1. The molecule has 0 aromatic heterocycles. The molecule has 1 N–H and O–H groups in total. The molecule has 0 saturated carbocycles. The molecule has 0 aromatic carbocycles. The maximum absolute atomic E-state index is 11.6. The van der Waals surface area contributed by atoms with Crippen molar-refractivity contribution in [3.05, 3.63) is 0 Å². The second-order valence-corrected chi connectivity index (χ2v) is 5.71. The molecule has 1 rings (SSSR count). The Morgan fingerprint density at radius 2 is 2.13 bits per heavy atom. The summed E-state index contributed by atoms with van der Waals surface area (Å²) in [6.45, 7) is 2.82. The summed E-state index contributed by atoms with van der Waals surface area (Å²) in [6.07, 6.45) is 3.53. The fraction of sp³-hybridized carbons (Fsp3) is 0.889. The van der Waals surface area contributed by atoms with Crippen molar-refractivity contribution >= 4 is 15.9 Å². The third-order valence-electron chi connectivity index (χ3n) is 2.53. The Hall–Kier alpha value is -0.620. The van der Waals surface area contributed by atoms with Crippen molar-refractivity contribution in [3.8, 4) is 0 Å². The number of likely N-dealkylation sites (N-methyl/N-ethyl adjacent to an activating group) is 1. The molecule has 1 atom stereocenters. The van der Waals surface area contributed by atoms with E-state index in [1.54, 1.807) is 0 Å². The molecule has 0 spiro atoms. The van der Waals surface area contributed by atoms with Gasteiger partial charge in [0.25, 0.3) is 0 Å². The summed E-state index contributed by atoms with van der Waals surface area (Å²) in [5.74, 6) is -0.178. The zero-order chi connectivity index (χ0) is 11.5. The van der Waals surface area contributed by atoms with Crippen molar-refractivity contribution in [1.29, 1.82) is 0 Å². The maximum atomic E-state index is 11.6. The number of rotatable bonds is 3.